The number of ether oxygens (including phenoxy) is 3. The minimum atomic E-state index is -0.671. The van der Waals surface area contributed by atoms with Crippen molar-refractivity contribution in [3.05, 3.63) is 51.8 Å². The molecule has 0 fully saturated rings. The number of nitrogens with one attached hydrogen (secondary N) is 1. The molecule has 0 atom stereocenters. The molecule has 0 spiro atoms. The Hall–Kier alpha value is -3.09. The zero-order chi connectivity index (χ0) is 20.8. The number of benzene rings is 1. The molecule has 1 aromatic carbocycles. The summed E-state index contributed by atoms with van der Waals surface area (Å²) in [5, 5.41) is 0. The number of aryl methyl sites for hydroxylation is 4. The number of hydrogen-bond donors (Lipinski definition) is 1. The Labute approximate surface area is 164 Å². The van der Waals surface area contributed by atoms with Gasteiger partial charge in [-0.05, 0) is 57.9 Å². The normalized spacial score (nSPS) is 10.5. The third kappa shape index (κ3) is 5.22. The molecule has 1 aromatic heterocycles. The summed E-state index contributed by atoms with van der Waals surface area (Å²) in [7, 11) is 0. The van der Waals surface area contributed by atoms with E-state index in [0.717, 1.165) is 11.1 Å². The molecule has 0 aliphatic carbocycles. The van der Waals surface area contributed by atoms with Gasteiger partial charge in [0.15, 0.2) is 13.2 Å². The van der Waals surface area contributed by atoms with Gasteiger partial charge < -0.3 is 19.2 Å². The minimum absolute atomic E-state index is 0.173. The second-order valence-electron chi connectivity index (χ2n) is 6.54. The fourth-order valence-corrected chi connectivity index (χ4v) is 3.01. The van der Waals surface area contributed by atoms with Gasteiger partial charge in [0.05, 0.1) is 17.7 Å². The van der Waals surface area contributed by atoms with Crippen LogP contribution in [0.1, 0.15) is 50.2 Å². The largest absolute Gasteiger partial charge is 0.482 e. The Bertz CT molecular complexity index is 876. The smallest absolute Gasteiger partial charge is 0.344 e. The van der Waals surface area contributed by atoms with Crippen LogP contribution in [0.5, 0.6) is 5.75 Å². The van der Waals surface area contributed by atoms with Crippen molar-refractivity contribution in [1.29, 1.82) is 0 Å². The molecule has 0 saturated carbocycles. The number of aromatic amines is 1. The molecular weight excluding hydrogens is 362 g/mol. The number of carbonyl (C=O) groups is 3. The van der Waals surface area contributed by atoms with Crippen LogP contribution in [-0.4, -0.2) is 42.5 Å². The van der Waals surface area contributed by atoms with E-state index in [-0.39, 0.29) is 24.3 Å². The van der Waals surface area contributed by atoms with Gasteiger partial charge in [0, 0.05) is 11.4 Å². The van der Waals surface area contributed by atoms with Crippen molar-refractivity contribution in [1.82, 2.24) is 4.98 Å². The van der Waals surface area contributed by atoms with Gasteiger partial charge in [-0.3, -0.25) is 4.79 Å². The number of Topliss-reactive ketones (excluding diaryl/α,β-unsaturated/α-hetero) is 1. The zero-order valence-electron chi connectivity index (χ0n) is 16.8. The summed E-state index contributed by atoms with van der Waals surface area (Å²) in [6.07, 6.45) is 0. The van der Waals surface area contributed by atoms with Gasteiger partial charge in [-0.2, -0.15) is 0 Å². The van der Waals surface area contributed by atoms with Crippen LogP contribution in [0.15, 0.2) is 18.2 Å². The maximum atomic E-state index is 12.5. The lowest BCUT2D eigenvalue weighted by Crippen LogP contribution is -2.21. The lowest BCUT2D eigenvalue weighted by molar-refractivity contribution is -0.144. The molecule has 2 aromatic rings. The molecule has 1 N–H and O–H groups in total. The van der Waals surface area contributed by atoms with Crippen molar-refractivity contribution < 1.29 is 28.6 Å². The first-order valence-electron chi connectivity index (χ1n) is 8.99. The summed E-state index contributed by atoms with van der Waals surface area (Å²) >= 11 is 0. The Morgan fingerprint density at radius 2 is 1.46 bits per heavy atom. The SMILES string of the molecule is CCOC(=O)c1c(C)[nH]c(C)c1C(=O)COC(=O)COc1cc(C)cc(C)c1. The van der Waals surface area contributed by atoms with Crippen molar-refractivity contribution in [2.75, 3.05) is 19.8 Å². The van der Waals surface area contributed by atoms with Gasteiger partial charge in [0.2, 0.25) is 5.78 Å². The number of H-pyrrole nitrogens is 1. The highest BCUT2D eigenvalue weighted by Gasteiger charge is 2.26. The highest BCUT2D eigenvalue weighted by Crippen LogP contribution is 2.20. The summed E-state index contributed by atoms with van der Waals surface area (Å²) in [5.41, 5.74) is 3.44. The standard InChI is InChI=1S/C21H25NO6/c1-6-26-21(25)20-15(5)22-14(4)19(20)17(23)10-28-18(24)11-27-16-8-12(2)7-13(3)9-16/h7-9,22H,6,10-11H2,1-5H3. The fourth-order valence-electron chi connectivity index (χ4n) is 3.01. The molecule has 2 rings (SSSR count). The van der Waals surface area contributed by atoms with E-state index in [0.29, 0.717) is 17.1 Å². The molecule has 0 radical (unpaired) electrons. The van der Waals surface area contributed by atoms with Crippen molar-refractivity contribution in [3.63, 3.8) is 0 Å². The second kappa shape index (κ2) is 9.21. The molecule has 150 valence electrons. The van der Waals surface area contributed by atoms with E-state index in [9.17, 15) is 14.4 Å². The first-order valence-corrected chi connectivity index (χ1v) is 8.99. The van der Waals surface area contributed by atoms with E-state index >= 15 is 0 Å². The van der Waals surface area contributed by atoms with Crippen LogP contribution >= 0.6 is 0 Å². The van der Waals surface area contributed by atoms with Crippen molar-refractivity contribution >= 4 is 17.7 Å². The highest BCUT2D eigenvalue weighted by atomic mass is 16.6. The third-order valence-electron chi connectivity index (χ3n) is 4.05. The maximum Gasteiger partial charge on any atom is 0.344 e. The molecule has 0 aliphatic rings. The Morgan fingerprint density at radius 1 is 0.857 bits per heavy atom. The molecular formula is C21H25NO6. The fraction of sp³-hybridized carbons (Fsp3) is 0.381. The lowest BCUT2D eigenvalue weighted by Gasteiger charge is -2.09. The van der Waals surface area contributed by atoms with Crippen LogP contribution in [0.2, 0.25) is 0 Å². The van der Waals surface area contributed by atoms with E-state index in [4.69, 9.17) is 14.2 Å². The number of carbonyl (C=O) groups excluding carboxylic acids is 3. The summed E-state index contributed by atoms with van der Waals surface area (Å²) in [5.74, 6) is -1.18. The molecule has 1 heterocycles. The second-order valence-corrected chi connectivity index (χ2v) is 6.54. The van der Waals surface area contributed by atoms with Crippen molar-refractivity contribution in [3.8, 4) is 5.75 Å². The molecule has 7 heteroatoms. The Morgan fingerprint density at radius 3 is 2.07 bits per heavy atom. The predicted molar refractivity (Wildman–Crippen MR) is 103 cm³/mol. The number of ketones is 1. The van der Waals surface area contributed by atoms with Gasteiger partial charge in [-0.15, -0.1) is 0 Å². The Balaban J connectivity index is 1.98. The first-order chi connectivity index (χ1) is 13.2. The van der Waals surface area contributed by atoms with Gasteiger partial charge in [0.25, 0.3) is 0 Å². The number of rotatable bonds is 8. The molecule has 0 amide bonds. The third-order valence-corrected chi connectivity index (χ3v) is 4.05. The summed E-state index contributed by atoms with van der Waals surface area (Å²) in [4.78, 5) is 39.6. The van der Waals surface area contributed by atoms with Crippen LogP contribution in [0.25, 0.3) is 0 Å². The van der Waals surface area contributed by atoms with Crippen LogP contribution in [0.3, 0.4) is 0 Å². The number of aromatic nitrogens is 1. The molecule has 0 aliphatic heterocycles. The molecule has 0 saturated heterocycles. The molecule has 0 unspecified atom stereocenters. The number of hydrogen-bond acceptors (Lipinski definition) is 6. The monoisotopic (exact) mass is 387 g/mol. The van der Waals surface area contributed by atoms with E-state index in [2.05, 4.69) is 4.98 Å². The molecule has 7 nitrogen and oxygen atoms in total. The zero-order valence-corrected chi connectivity index (χ0v) is 16.8. The van der Waals surface area contributed by atoms with Crippen molar-refractivity contribution in [2.45, 2.75) is 34.6 Å². The molecule has 0 bridgehead atoms. The quantitative estimate of drug-likeness (QED) is 0.552. The summed E-state index contributed by atoms with van der Waals surface area (Å²) < 4.78 is 15.4. The van der Waals surface area contributed by atoms with E-state index < -0.39 is 24.3 Å². The lowest BCUT2D eigenvalue weighted by atomic mass is 10.1. The first kappa shape index (κ1) is 21.2. The van der Waals surface area contributed by atoms with E-state index in [1.54, 1.807) is 20.8 Å². The van der Waals surface area contributed by atoms with E-state index in [1.165, 1.54) is 0 Å². The van der Waals surface area contributed by atoms with Crippen LogP contribution < -0.4 is 4.74 Å². The summed E-state index contributed by atoms with van der Waals surface area (Å²) in [6.45, 7) is 8.30. The van der Waals surface area contributed by atoms with Gasteiger partial charge in [0.1, 0.15) is 5.75 Å². The maximum absolute atomic E-state index is 12.5. The van der Waals surface area contributed by atoms with Crippen LogP contribution in [0, 0.1) is 27.7 Å². The average molecular weight is 387 g/mol. The van der Waals surface area contributed by atoms with Gasteiger partial charge >= 0.3 is 11.9 Å². The molecule has 28 heavy (non-hydrogen) atoms. The average Bonchev–Trinajstić information content (AvgIpc) is 2.91. The predicted octanol–water partition coefficient (Wildman–Crippen LogP) is 3.23. The minimum Gasteiger partial charge on any atom is -0.482 e. The Kier molecular flexibility index (Phi) is 6.98. The van der Waals surface area contributed by atoms with Crippen LogP contribution in [-0.2, 0) is 14.3 Å². The van der Waals surface area contributed by atoms with E-state index in [1.807, 2.05) is 32.0 Å². The highest BCUT2D eigenvalue weighted by molar-refractivity contribution is 6.09. The van der Waals surface area contributed by atoms with Gasteiger partial charge in [-0.25, -0.2) is 9.59 Å². The topological polar surface area (TPSA) is 94.7 Å². The number of esters is 2. The van der Waals surface area contributed by atoms with Crippen molar-refractivity contribution in [2.24, 2.45) is 0 Å². The summed E-state index contributed by atoms with van der Waals surface area (Å²) in [6, 6.07) is 5.61. The van der Waals surface area contributed by atoms with Gasteiger partial charge in [-0.1, -0.05) is 6.07 Å². The van der Waals surface area contributed by atoms with Crippen LogP contribution in [0.4, 0.5) is 0 Å².